The van der Waals surface area contributed by atoms with Gasteiger partial charge in [-0.15, -0.1) is 0 Å². The van der Waals surface area contributed by atoms with Crippen molar-refractivity contribution in [3.8, 4) is 0 Å². The van der Waals surface area contributed by atoms with E-state index < -0.39 is 10.0 Å². The van der Waals surface area contributed by atoms with Gasteiger partial charge in [-0.05, 0) is 30.7 Å². The van der Waals surface area contributed by atoms with E-state index in [0.717, 1.165) is 11.8 Å². The Hall–Kier alpha value is -1.90. The fourth-order valence-electron chi connectivity index (χ4n) is 1.46. The molecular formula is C11H12ClN5O2S. The summed E-state index contributed by atoms with van der Waals surface area (Å²) in [7, 11) is -3.81. The maximum atomic E-state index is 12.2. The molecule has 2 heterocycles. The van der Waals surface area contributed by atoms with E-state index in [0.29, 0.717) is 0 Å². The largest absolute Gasteiger partial charge is 0.307 e. The lowest BCUT2D eigenvalue weighted by Crippen LogP contribution is -2.15. The quantitative estimate of drug-likeness (QED) is 0.583. The number of sulfonamides is 1. The predicted octanol–water partition coefficient (Wildman–Crippen LogP) is 1.52. The third kappa shape index (κ3) is 3.16. The first-order valence-corrected chi connectivity index (χ1v) is 7.36. The predicted molar refractivity (Wildman–Crippen MR) is 76.8 cm³/mol. The second kappa shape index (κ2) is 5.61. The van der Waals surface area contributed by atoms with Crippen molar-refractivity contribution in [1.82, 2.24) is 9.97 Å². The number of aryl methyl sites for hydroxylation is 1. The third-order valence-corrected chi connectivity index (χ3v) is 4.03. The minimum Gasteiger partial charge on any atom is -0.307 e. The van der Waals surface area contributed by atoms with Crippen LogP contribution in [-0.4, -0.2) is 18.4 Å². The number of rotatable bonds is 4. The van der Waals surface area contributed by atoms with Crippen LogP contribution in [-0.2, 0) is 10.0 Å². The van der Waals surface area contributed by atoms with Gasteiger partial charge in [0, 0.05) is 12.4 Å². The SMILES string of the molecule is Cc1ccnc(NS(=O)(=O)c2cnc(NN)c(Cl)c2)c1. The Balaban J connectivity index is 2.33. The second-order valence-electron chi connectivity index (χ2n) is 3.97. The van der Waals surface area contributed by atoms with E-state index in [9.17, 15) is 8.42 Å². The van der Waals surface area contributed by atoms with Crippen LogP contribution in [0.4, 0.5) is 11.6 Å². The minimum atomic E-state index is -3.81. The highest BCUT2D eigenvalue weighted by Crippen LogP contribution is 2.22. The molecule has 0 atom stereocenters. The standard InChI is InChI=1S/C11H12ClN5O2S/c1-7-2-3-14-10(4-7)17-20(18,19)8-5-9(12)11(16-13)15-6-8/h2-6H,13H2,1H3,(H,14,17)(H,15,16). The van der Waals surface area contributed by atoms with Crippen molar-refractivity contribution in [3.63, 3.8) is 0 Å². The van der Waals surface area contributed by atoms with Crippen molar-refractivity contribution in [1.29, 1.82) is 0 Å². The van der Waals surface area contributed by atoms with Gasteiger partial charge < -0.3 is 5.43 Å². The van der Waals surface area contributed by atoms with Crippen LogP contribution in [0.5, 0.6) is 0 Å². The van der Waals surface area contributed by atoms with Gasteiger partial charge in [0.1, 0.15) is 10.7 Å². The summed E-state index contributed by atoms with van der Waals surface area (Å²) in [5, 5.41) is 0.104. The summed E-state index contributed by atoms with van der Waals surface area (Å²) < 4.78 is 26.7. The average molecular weight is 314 g/mol. The fourth-order valence-corrected chi connectivity index (χ4v) is 2.72. The molecule has 0 saturated carbocycles. The first kappa shape index (κ1) is 14.5. The molecule has 0 aromatic carbocycles. The highest BCUT2D eigenvalue weighted by molar-refractivity contribution is 7.92. The Morgan fingerprint density at radius 3 is 2.65 bits per heavy atom. The van der Waals surface area contributed by atoms with Crippen molar-refractivity contribution in [2.75, 3.05) is 10.1 Å². The van der Waals surface area contributed by atoms with Gasteiger partial charge in [-0.3, -0.25) is 4.72 Å². The number of halogens is 1. The molecule has 0 unspecified atom stereocenters. The molecule has 7 nitrogen and oxygen atoms in total. The van der Waals surface area contributed by atoms with Crippen LogP contribution >= 0.6 is 11.6 Å². The number of anilines is 2. The number of nitrogens with two attached hydrogens (primary N) is 1. The summed E-state index contributed by atoms with van der Waals surface area (Å²) >= 11 is 5.85. The van der Waals surface area contributed by atoms with Crippen molar-refractivity contribution in [2.45, 2.75) is 11.8 Å². The first-order chi connectivity index (χ1) is 9.42. The highest BCUT2D eigenvalue weighted by Gasteiger charge is 2.17. The zero-order valence-corrected chi connectivity index (χ0v) is 12.0. The van der Waals surface area contributed by atoms with Gasteiger partial charge in [-0.1, -0.05) is 11.6 Å². The van der Waals surface area contributed by atoms with Gasteiger partial charge >= 0.3 is 0 Å². The van der Waals surface area contributed by atoms with E-state index in [1.165, 1.54) is 12.3 Å². The smallest absolute Gasteiger partial charge is 0.264 e. The van der Waals surface area contributed by atoms with Crippen molar-refractivity contribution in [2.24, 2.45) is 5.84 Å². The molecule has 106 valence electrons. The average Bonchev–Trinajstić information content (AvgIpc) is 2.38. The molecule has 0 bridgehead atoms. The van der Waals surface area contributed by atoms with E-state index in [1.54, 1.807) is 12.1 Å². The number of nitrogen functional groups attached to an aromatic ring is 1. The molecule has 2 rings (SSSR count). The van der Waals surface area contributed by atoms with E-state index in [1.807, 2.05) is 6.92 Å². The summed E-state index contributed by atoms with van der Waals surface area (Å²) in [6.07, 6.45) is 2.67. The molecule has 9 heteroatoms. The summed E-state index contributed by atoms with van der Waals surface area (Å²) in [6.45, 7) is 1.83. The zero-order valence-electron chi connectivity index (χ0n) is 10.5. The molecule has 0 aliphatic carbocycles. The molecule has 0 amide bonds. The van der Waals surface area contributed by atoms with Crippen LogP contribution < -0.4 is 16.0 Å². The molecule has 20 heavy (non-hydrogen) atoms. The number of aromatic nitrogens is 2. The molecule has 0 aliphatic rings. The van der Waals surface area contributed by atoms with Gasteiger partial charge in [0.25, 0.3) is 10.0 Å². The number of nitrogens with zero attached hydrogens (tertiary/aromatic N) is 2. The van der Waals surface area contributed by atoms with Crippen LogP contribution in [0.2, 0.25) is 5.02 Å². The summed E-state index contributed by atoms with van der Waals surface area (Å²) in [6, 6.07) is 4.63. The Morgan fingerprint density at radius 2 is 2.05 bits per heavy atom. The first-order valence-electron chi connectivity index (χ1n) is 5.50. The van der Waals surface area contributed by atoms with Gasteiger partial charge in [0.05, 0.1) is 5.02 Å². The molecule has 2 aromatic rings. The van der Waals surface area contributed by atoms with Crippen LogP contribution in [0.1, 0.15) is 5.56 Å². The summed E-state index contributed by atoms with van der Waals surface area (Å²) in [5.74, 6) is 5.60. The Labute approximate surface area is 121 Å². The van der Waals surface area contributed by atoms with Gasteiger partial charge in [0.2, 0.25) is 0 Å². The van der Waals surface area contributed by atoms with Gasteiger partial charge in [-0.2, -0.15) is 0 Å². The van der Waals surface area contributed by atoms with Crippen molar-refractivity contribution in [3.05, 3.63) is 41.2 Å². The molecule has 0 spiro atoms. The zero-order chi connectivity index (χ0) is 14.8. The summed E-state index contributed by atoms with van der Waals surface area (Å²) in [4.78, 5) is 7.67. The van der Waals surface area contributed by atoms with Crippen LogP contribution in [0.3, 0.4) is 0 Å². The Kier molecular flexibility index (Phi) is 4.07. The maximum Gasteiger partial charge on any atom is 0.264 e. The molecule has 0 fully saturated rings. The van der Waals surface area contributed by atoms with Crippen LogP contribution in [0.15, 0.2) is 35.5 Å². The Bertz CT molecular complexity index is 735. The van der Waals surface area contributed by atoms with E-state index in [-0.39, 0.29) is 21.6 Å². The minimum absolute atomic E-state index is 0.0789. The third-order valence-electron chi connectivity index (χ3n) is 2.42. The lowest BCUT2D eigenvalue weighted by molar-refractivity contribution is 0.600. The van der Waals surface area contributed by atoms with Gasteiger partial charge in [0.15, 0.2) is 5.82 Å². The Morgan fingerprint density at radius 1 is 1.30 bits per heavy atom. The van der Waals surface area contributed by atoms with Crippen LogP contribution in [0, 0.1) is 6.92 Å². The lowest BCUT2D eigenvalue weighted by atomic mass is 10.3. The van der Waals surface area contributed by atoms with Gasteiger partial charge in [-0.25, -0.2) is 24.2 Å². The second-order valence-corrected chi connectivity index (χ2v) is 6.06. The van der Waals surface area contributed by atoms with E-state index in [2.05, 4.69) is 20.1 Å². The van der Waals surface area contributed by atoms with Crippen LogP contribution in [0.25, 0.3) is 0 Å². The van der Waals surface area contributed by atoms with E-state index in [4.69, 9.17) is 17.4 Å². The number of nitrogens with one attached hydrogen (secondary N) is 2. The molecule has 0 radical (unpaired) electrons. The maximum absolute atomic E-state index is 12.2. The lowest BCUT2D eigenvalue weighted by Gasteiger charge is -2.09. The molecular weight excluding hydrogens is 302 g/mol. The number of pyridine rings is 2. The van der Waals surface area contributed by atoms with Crippen molar-refractivity contribution < 1.29 is 8.42 Å². The number of hydrazine groups is 1. The number of hydrogen-bond donors (Lipinski definition) is 3. The monoisotopic (exact) mass is 313 g/mol. The molecule has 0 saturated heterocycles. The highest BCUT2D eigenvalue weighted by atomic mass is 35.5. The molecule has 4 N–H and O–H groups in total. The van der Waals surface area contributed by atoms with E-state index >= 15 is 0 Å². The topological polar surface area (TPSA) is 110 Å². The molecule has 0 aliphatic heterocycles. The molecule has 2 aromatic heterocycles. The normalized spacial score (nSPS) is 11.2. The fraction of sp³-hybridized carbons (Fsp3) is 0.0909. The summed E-state index contributed by atoms with van der Waals surface area (Å²) in [5.41, 5.74) is 3.15. The van der Waals surface area contributed by atoms with Crippen molar-refractivity contribution >= 4 is 33.3 Å². The number of hydrogen-bond acceptors (Lipinski definition) is 6.